The van der Waals surface area contributed by atoms with Gasteiger partial charge in [0, 0.05) is 22.7 Å². The third kappa shape index (κ3) is 5.71. The molecule has 0 saturated heterocycles. The van der Waals surface area contributed by atoms with Crippen LogP contribution in [0.5, 0.6) is 0 Å². The fourth-order valence-electron chi connectivity index (χ4n) is 9.37. The van der Waals surface area contributed by atoms with Crippen LogP contribution in [0.2, 0.25) is 0 Å². The molecule has 0 fully saturated rings. The van der Waals surface area contributed by atoms with Crippen molar-refractivity contribution >= 4 is 22.1 Å². The Labute approximate surface area is 330 Å². The molecule has 2 unspecified atom stereocenters. The molecule has 0 aliphatic heterocycles. The first-order valence-corrected chi connectivity index (χ1v) is 19.8. The summed E-state index contributed by atoms with van der Waals surface area (Å²) in [6.07, 6.45) is 9.13. The third-order valence-corrected chi connectivity index (χ3v) is 12.1. The van der Waals surface area contributed by atoms with Gasteiger partial charge in [0.2, 0.25) is 0 Å². The van der Waals surface area contributed by atoms with Crippen molar-refractivity contribution in [3.8, 4) is 44.5 Å². The second kappa shape index (κ2) is 13.9. The summed E-state index contributed by atoms with van der Waals surface area (Å²) in [5.41, 5.74) is 16.5. The molecule has 0 aromatic heterocycles. The molecule has 2 aliphatic carbocycles. The van der Waals surface area contributed by atoms with E-state index < -0.39 is 0 Å². The van der Waals surface area contributed by atoms with E-state index in [2.05, 4.69) is 231 Å². The van der Waals surface area contributed by atoms with Crippen molar-refractivity contribution < 1.29 is 0 Å². The highest BCUT2D eigenvalue weighted by Crippen LogP contribution is 2.52. The van der Waals surface area contributed by atoms with Gasteiger partial charge in [-0.25, -0.2) is 0 Å². The van der Waals surface area contributed by atoms with Crippen LogP contribution in [0.15, 0.2) is 212 Å². The standard InChI is InChI=1S/C55H43N/c1-55(2)50-28-13-11-26-49(50)54-47(27-16-29-51(54)55)40-31-34-43(35-32-40)56(52-30-14-12-24-45(52)38-17-5-3-6-18-38)44-23-15-22-42(37-44)48-36-33-39-19-9-10-25-46(39)53(48)41-20-7-4-8-21-41/h3-37,45,52H,1-2H3. The Hall–Kier alpha value is -6.70. The van der Waals surface area contributed by atoms with E-state index >= 15 is 0 Å². The molecule has 0 amide bonds. The lowest BCUT2D eigenvalue weighted by Gasteiger charge is -2.38. The normalized spacial score (nSPS) is 16.4. The Morgan fingerprint density at radius 2 is 1.07 bits per heavy atom. The fourth-order valence-corrected chi connectivity index (χ4v) is 9.37. The topological polar surface area (TPSA) is 3.24 Å². The van der Waals surface area contributed by atoms with Gasteiger partial charge in [-0.15, -0.1) is 0 Å². The Morgan fingerprint density at radius 3 is 1.91 bits per heavy atom. The van der Waals surface area contributed by atoms with E-state index in [0.29, 0.717) is 0 Å². The van der Waals surface area contributed by atoms with Crippen LogP contribution in [-0.4, -0.2) is 6.04 Å². The average molecular weight is 718 g/mol. The first-order valence-electron chi connectivity index (χ1n) is 19.8. The summed E-state index contributed by atoms with van der Waals surface area (Å²) in [5.74, 6) is 0.168. The number of fused-ring (bicyclic) bond motifs is 4. The monoisotopic (exact) mass is 717 g/mol. The lowest BCUT2D eigenvalue weighted by Crippen LogP contribution is -2.35. The van der Waals surface area contributed by atoms with Gasteiger partial charge in [0.15, 0.2) is 0 Å². The predicted octanol–water partition coefficient (Wildman–Crippen LogP) is 14.6. The Balaban J connectivity index is 1.12. The molecule has 10 rings (SSSR count). The molecule has 0 radical (unpaired) electrons. The molecule has 0 N–H and O–H groups in total. The van der Waals surface area contributed by atoms with Crippen LogP contribution in [0, 0.1) is 0 Å². The van der Waals surface area contributed by atoms with E-state index in [-0.39, 0.29) is 17.4 Å². The molecule has 0 saturated carbocycles. The number of nitrogens with zero attached hydrogens (tertiary/aromatic N) is 1. The van der Waals surface area contributed by atoms with E-state index in [1.54, 1.807) is 0 Å². The summed E-state index contributed by atoms with van der Waals surface area (Å²) < 4.78 is 0. The van der Waals surface area contributed by atoms with Gasteiger partial charge in [-0.1, -0.05) is 202 Å². The van der Waals surface area contributed by atoms with Gasteiger partial charge in [0.05, 0.1) is 6.04 Å². The smallest absolute Gasteiger partial charge is 0.0628 e. The number of hydrogen-bond donors (Lipinski definition) is 0. The van der Waals surface area contributed by atoms with Gasteiger partial charge < -0.3 is 4.90 Å². The largest absolute Gasteiger partial charge is 0.334 e. The van der Waals surface area contributed by atoms with Crippen molar-refractivity contribution in [2.24, 2.45) is 0 Å². The molecular weight excluding hydrogens is 675 g/mol. The molecule has 56 heavy (non-hydrogen) atoms. The molecule has 8 aromatic carbocycles. The van der Waals surface area contributed by atoms with Crippen LogP contribution < -0.4 is 4.90 Å². The summed E-state index contributed by atoms with van der Waals surface area (Å²) in [4.78, 5) is 2.54. The predicted molar refractivity (Wildman–Crippen MR) is 238 cm³/mol. The van der Waals surface area contributed by atoms with Crippen molar-refractivity contribution in [1.29, 1.82) is 0 Å². The van der Waals surface area contributed by atoms with Gasteiger partial charge in [-0.3, -0.25) is 0 Å². The highest BCUT2D eigenvalue weighted by Gasteiger charge is 2.36. The fraction of sp³-hybridized carbons (Fsp3) is 0.0909. The Bertz CT molecular complexity index is 2770. The number of rotatable bonds is 7. The van der Waals surface area contributed by atoms with Crippen molar-refractivity contribution in [2.75, 3.05) is 4.90 Å². The maximum absolute atomic E-state index is 2.54. The molecule has 268 valence electrons. The zero-order valence-corrected chi connectivity index (χ0v) is 31.8. The highest BCUT2D eigenvalue weighted by molar-refractivity contribution is 6.04. The molecule has 0 spiro atoms. The SMILES string of the molecule is CC1(C)c2ccccc2-c2c(-c3ccc(N(c4cccc(-c5ccc6ccccc6c5-c5ccccc5)c4)C4C=CC=CC4c4ccccc4)cc3)cccc21. The maximum atomic E-state index is 2.54. The summed E-state index contributed by atoms with van der Waals surface area (Å²) in [6.45, 7) is 4.71. The first-order chi connectivity index (χ1) is 27.6. The van der Waals surface area contributed by atoms with Crippen molar-refractivity contribution in [1.82, 2.24) is 0 Å². The lowest BCUT2D eigenvalue weighted by molar-refractivity contribution is 0.660. The van der Waals surface area contributed by atoms with Crippen molar-refractivity contribution in [3.63, 3.8) is 0 Å². The number of allylic oxidation sites excluding steroid dienone is 2. The molecule has 8 aromatic rings. The van der Waals surface area contributed by atoms with Crippen LogP contribution in [0.4, 0.5) is 11.4 Å². The summed E-state index contributed by atoms with van der Waals surface area (Å²) in [5, 5.41) is 2.51. The van der Waals surface area contributed by atoms with Crippen LogP contribution in [0.25, 0.3) is 55.3 Å². The highest BCUT2D eigenvalue weighted by atomic mass is 15.2. The van der Waals surface area contributed by atoms with Crippen LogP contribution in [0.1, 0.15) is 36.5 Å². The van der Waals surface area contributed by atoms with Crippen molar-refractivity contribution in [3.05, 3.63) is 229 Å². The minimum absolute atomic E-state index is 0.0393. The van der Waals surface area contributed by atoms with E-state index in [1.807, 2.05) is 0 Å². The lowest BCUT2D eigenvalue weighted by atomic mass is 9.82. The third-order valence-electron chi connectivity index (χ3n) is 12.1. The molecule has 1 heteroatoms. The first kappa shape index (κ1) is 33.8. The number of hydrogen-bond acceptors (Lipinski definition) is 1. The molecule has 0 bridgehead atoms. The Morgan fingerprint density at radius 1 is 0.429 bits per heavy atom. The van der Waals surface area contributed by atoms with Crippen LogP contribution >= 0.6 is 0 Å². The van der Waals surface area contributed by atoms with E-state index in [4.69, 9.17) is 0 Å². The van der Waals surface area contributed by atoms with E-state index in [1.165, 1.54) is 72.0 Å². The van der Waals surface area contributed by atoms with Crippen LogP contribution in [0.3, 0.4) is 0 Å². The number of anilines is 2. The molecule has 1 nitrogen and oxygen atoms in total. The second-order valence-electron chi connectivity index (χ2n) is 15.6. The minimum atomic E-state index is -0.0393. The van der Waals surface area contributed by atoms with Gasteiger partial charge in [-0.05, 0) is 96.2 Å². The van der Waals surface area contributed by atoms with E-state index in [0.717, 1.165) is 11.4 Å². The quantitative estimate of drug-likeness (QED) is 0.159. The van der Waals surface area contributed by atoms with Crippen LogP contribution in [-0.2, 0) is 5.41 Å². The average Bonchev–Trinajstić information content (AvgIpc) is 3.50. The molecule has 0 heterocycles. The van der Waals surface area contributed by atoms with Gasteiger partial charge in [0.25, 0.3) is 0 Å². The van der Waals surface area contributed by atoms with Gasteiger partial charge in [0.1, 0.15) is 0 Å². The maximum Gasteiger partial charge on any atom is 0.0628 e. The zero-order chi connectivity index (χ0) is 37.6. The van der Waals surface area contributed by atoms with E-state index in [9.17, 15) is 0 Å². The zero-order valence-electron chi connectivity index (χ0n) is 31.8. The summed E-state index contributed by atoms with van der Waals surface area (Å²) >= 11 is 0. The second-order valence-corrected chi connectivity index (χ2v) is 15.6. The molecule has 2 aliphatic rings. The number of benzene rings is 8. The molecular formula is C55H43N. The van der Waals surface area contributed by atoms with Gasteiger partial charge in [-0.2, -0.15) is 0 Å². The summed E-state index contributed by atoms with van der Waals surface area (Å²) in [6, 6.07) is 69.4. The van der Waals surface area contributed by atoms with Crippen molar-refractivity contribution in [2.45, 2.75) is 31.2 Å². The summed E-state index contributed by atoms with van der Waals surface area (Å²) in [7, 11) is 0. The molecule has 2 atom stereocenters. The Kier molecular flexibility index (Phi) is 8.37. The minimum Gasteiger partial charge on any atom is -0.334 e. The van der Waals surface area contributed by atoms with Gasteiger partial charge >= 0.3 is 0 Å².